The number of benzene rings is 1. The van der Waals surface area contributed by atoms with Gasteiger partial charge in [-0.05, 0) is 48.9 Å². The predicted molar refractivity (Wildman–Crippen MR) is 93.3 cm³/mol. The maximum absolute atomic E-state index is 12.7. The molecule has 6 heteroatoms. The van der Waals surface area contributed by atoms with Gasteiger partial charge in [0, 0.05) is 11.6 Å². The lowest BCUT2D eigenvalue weighted by molar-refractivity contribution is -0.145. The molecule has 0 spiro atoms. The Morgan fingerprint density at radius 1 is 1.23 bits per heavy atom. The fraction of sp³-hybridized carbons (Fsp3) is 0.550. The molecule has 26 heavy (non-hydrogen) atoms. The Balaban J connectivity index is 1.39. The van der Waals surface area contributed by atoms with Crippen LogP contribution in [0.25, 0.3) is 0 Å². The van der Waals surface area contributed by atoms with Gasteiger partial charge in [0.1, 0.15) is 6.10 Å². The van der Waals surface area contributed by atoms with Crippen molar-refractivity contribution >= 4 is 23.5 Å². The molecule has 1 saturated heterocycles. The van der Waals surface area contributed by atoms with E-state index < -0.39 is 0 Å². The molecule has 3 aliphatic rings. The second kappa shape index (κ2) is 6.41. The van der Waals surface area contributed by atoms with Gasteiger partial charge in [0.2, 0.25) is 5.91 Å². The first-order valence-electron chi connectivity index (χ1n) is 9.22. The van der Waals surface area contributed by atoms with Crippen LogP contribution in [0.5, 0.6) is 0 Å². The van der Waals surface area contributed by atoms with Crippen LogP contribution in [0, 0.1) is 29.6 Å². The zero-order valence-electron chi connectivity index (χ0n) is 14.9. The summed E-state index contributed by atoms with van der Waals surface area (Å²) in [7, 11) is 0. The van der Waals surface area contributed by atoms with Gasteiger partial charge in [-0.1, -0.05) is 13.8 Å². The van der Waals surface area contributed by atoms with Gasteiger partial charge in [-0.15, -0.1) is 0 Å². The average molecular weight is 357 g/mol. The molecule has 6 nitrogen and oxygen atoms in total. The van der Waals surface area contributed by atoms with Crippen molar-refractivity contribution in [1.82, 2.24) is 0 Å². The maximum atomic E-state index is 12.7. The Bertz CT molecular complexity index is 739. The van der Waals surface area contributed by atoms with Crippen molar-refractivity contribution < 1.29 is 23.9 Å². The fourth-order valence-electron chi connectivity index (χ4n) is 4.60. The number of amides is 1. The molecule has 0 radical (unpaired) electrons. The second-order valence-corrected chi connectivity index (χ2v) is 7.98. The third-order valence-corrected chi connectivity index (χ3v) is 5.72. The van der Waals surface area contributed by atoms with Gasteiger partial charge in [-0.25, -0.2) is 4.79 Å². The number of carbonyl (C=O) groups excluding carboxylic acids is 3. The zero-order chi connectivity index (χ0) is 18.4. The molecular formula is C20H23NO5. The van der Waals surface area contributed by atoms with E-state index in [0.717, 1.165) is 12.8 Å². The fourth-order valence-corrected chi connectivity index (χ4v) is 4.60. The van der Waals surface area contributed by atoms with Crippen LogP contribution < -0.4 is 5.32 Å². The van der Waals surface area contributed by atoms with Crippen molar-refractivity contribution in [2.24, 2.45) is 29.6 Å². The van der Waals surface area contributed by atoms with E-state index in [-0.39, 0.29) is 53.5 Å². The SMILES string of the molecule is CC(C)COC(=O)c1ccc(NC(=O)[C@@H]2[C@@H]3C[C@@H]4[C@@H]2C(=O)O[C@H]4C3)cc1. The largest absolute Gasteiger partial charge is 0.462 e. The van der Waals surface area contributed by atoms with Crippen LogP contribution in [0.1, 0.15) is 37.0 Å². The van der Waals surface area contributed by atoms with Crippen molar-refractivity contribution in [3.8, 4) is 0 Å². The molecule has 0 aromatic heterocycles. The number of fused-ring (bicyclic) bond motifs is 1. The van der Waals surface area contributed by atoms with Gasteiger partial charge in [0.15, 0.2) is 0 Å². The summed E-state index contributed by atoms with van der Waals surface area (Å²) in [6.07, 6.45) is 1.73. The highest BCUT2D eigenvalue weighted by Crippen LogP contribution is 2.57. The van der Waals surface area contributed by atoms with Crippen LogP contribution in [-0.4, -0.2) is 30.6 Å². The molecule has 1 aromatic carbocycles. The van der Waals surface area contributed by atoms with E-state index in [9.17, 15) is 14.4 Å². The number of nitrogens with one attached hydrogen (secondary N) is 1. The van der Waals surface area contributed by atoms with Crippen molar-refractivity contribution in [2.45, 2.75) is 32.8 Å². The summed E-state index contributed by atoms with van der Waals surface area (Å²) in [5.74, 6) is -0.595. The Kier molecular flexibility index (Phi) is 4.21. The zero-order valence-corrected chi connectivity index (χ0v) is 14.9. The Labute approximate surface area is 152 Å². The smallest absolute Gasteiger partial charge is 0.338 e. The molecule has 2 aliphatic carbocycles. The van der Waals surface area contributed by atoms with Crippen LogP contribution in [0.3, 0.4) is 0 Å². The van der Waals surface area contributed by atoms with E-state index >= 15 is 0 Å². The van der Waals surface area contributed by atoms with Gasteiger partial charge in [0.25, 0.3) is 0 Å². The first-order valence-corrected chi connectivity index (χ1v) is 9.22. The third kappa shape index (κ3) is 2.87. The minimum Gasteiger partial charge on any atom is -0.462 e. The first-order chi connectivity index (χ1) is 12.4. The van der Waals surface area contributed by atoms with Crippen LogP contribution in [-0.2, 0) is 19.1 Å². The molecule has 1 heterocycles. The summed E-state index contributed by atoms with van der Waals surface area (Å²) >= 11 is 0. The summed E-state index contributed by atoms with van der Waals surface area (Å²) in [4.78, 5) is 36.7. The van der Waals surface area contributed by atoms with Gasteiger partial charge < -0.3 is 14.8 Å². The van der Waals surface area contributed by atoms with Crippen molar-refractivity contribution in [3.05, 3.63) is 29.8 Å². The molecule has 1 aliphatic heterocycles. The van der Waals surface area contributed by atoms with Crippen molar-refractivity contribution in [1.29, 1.82) is 0 Å². The van der Waals surface area contributed by atoms with E-state index in [4.69, 9.17) is 9.47 Å². The number of esters is 2. The van der Waals surface area contributed by atoms with Gasteiger partial charge >= 0.3 is 11.9 Å². The summed E-state index contributed by atoms with van der Waals surface area (Å²) < 4.78 is 10.6. The maximum Gasteiger partial charge on any atom is 0.338 e. The molecule has 0 unspecified atom stereocenters. The molecule has 138 valence electrons. The van der Waals surface area contributed by atoms with Gasteiger partial charge in [-0.2, -0.15) is 0 Å². The highest BCUT2D eigenvalue weighted by atomic mass is 16.6. The highest BCUT2D eigenvalue weighted by molar-refractivity contribution is 5.97. The van der Waals surface area contributed by atoms with E-state index in [1.165, 1.54) is 0 Å². The standard InChI is InChI=1S/C20H23NO5/c1-10(2)9-25-19(23)11-3-5-13(6-4-11)21-18(22)16-12-7-14-15(8-12)26-20(24)17(14)16/h3-6,10,12,14-17H,7-9H2,1-2H3,(H,21,22)/t12-,14+,15+,16-,17+/m1/s1. The van der Waals surface area contributed by atoms with Crippen molar-refractivity contribution in [2.75, 3.05) is 11.9 Å². The number of hydrogen-bond acceptors (Lipinski definition) is 5. The summed E-state index contributed by atoms with van der Waals surface area (Å²) in [5, 5.41) is 2.89. The average Bonchev–Trinajstić information content (AvgIpc) is 3.22. The summed E-state index contributed by atoms with van der Waals surface area (Å²) in [6.45, 7) is 4.33. The molecule has 4 rings (SSSR count). The third-order valence-electron chi connectivity index (χ3n) is 5.72. The topological polar surface area (TPSA) is 81.7 Å². The van der Waals surface area contributed by atoms with Crippen LogP contribution in [0.2, 0.25) is 0 Å². The molecule has 1 N–H and O–H groups in total. The molecule has 1 aromatic rings. The van der Waals surface area contributed by atoms with E-state index in [1.807, 2.05) is 13.8 Å². The van der Waals surface area contributed by atoms with Crippen LogP contribution in [0.4, 0.5) is 5.69 Å². The normalized spacial score (nSPS) is 31.2. The number of ether oxygens (including phenoxy) is 2. The minimum absolute atomic E-state index is 0.0256. The molecule has 5 atom stereocenters. The monoisotopic (exact) mass is 357 g/mol. The minimum atomic E-state index is -0.371. The van der Waals surface area contributed by atoms with Crippen LogP contribution >= 0.6 is 0 Å². The van der Waals surface area contributed by atoms with Crippen LogP contribution in [0.15, 0.2) is 24.3 Å². The number of anilines is 1. The van der Waals surface area contributed by atoms with E-state index in [1.54, 1.807) is 24.3 Å². The van der Waals surface area contributed by atoms with E-state index in [0.29, 0.717) is 17.9 Å². The Morgan fingerprint density at radius 3 is 2.65 bits per heavy atom. The van der Waals surface area contributed by atoms with Gasteiger partial charge in [-0.3, -0.25) is 9.59 Å². The number of hydrogen-bond donors (Lipinski definition) is 1. The molecular weight excluding hydrogens is 334 g/mol. The molecule has 2 bridgehead atoms. The summed E-state index contributed by atoms with van der Waals surface area (Å²) in [6, 6.07) is 6.65. The Morgan fingerprint density at radius 2 is 1.96 bits per heavy atom. The van der Waals surface area contributed by atoms with E-state index in [2.05, 4.69) is 5.32 Å². The lowest BCUT2D eigenvalue weighted by Crippen LogP contribution is -2.35. The lowest BCUT2D eigenvalue weighted by Gasteiger charge is -2.23. The quantitative estimate of drug-likeness (QED) is 0.819. The number of carbonyl (C=O) groups is 3. The molecule has 1 amide bonds. The first kappa shape index (κ1) is 17.1. The predicted octanol–water partition coefficient (Wildman–Crippen LogP) is 2.64. The Hall–Kier alpha value is -2.37. The second-order valence-electron chi connectivity index (χ2n) is 7.98. The number of rotatable bonds is 5. The molecule has 3 fully saturated rings. The van der Waals surface area contributed by atoms with Gasteiger partial charge in [0.05, 0.1) is 24.0 Å². The highest BCUT2D eigenvalue weighted by Gasteiger charge is 2.63. The van der Waals surface area contributed by atoms with Crippen molar-refractivity contribution in [3.63, 3.8) is 0 Å². The lowest BCUT2D eigenvalue weighted by atomic mass is 9.79. The summed E-state index contributed by atoms with van der Waals surface area (Å²) in [5.41, 5.74) is 1.06. The molecule has 2 saturated carbocycles.